The van der Waals surface area contributed by atoms with Crippen molar-refractivity contribution in [2.45, 2.75) is 6.92 Å². The topological polar surface area (TPSA) is 46.3 Å². The molecule has 4 nitrogen and oxygen atoms in total. The van der Waals surface area contributed by atoms with E-state index in [1.54, 1.807) is 31.0 Å². The molecular weight excluding hydrogens is 252 g/mol. The second kappa shape index (κ2) is 4.81. The smallest absolute Gasteiger partial charge is 0.258 e. The van der Waals surface area contributed by atoms with Crippen LogP contribution < -0.4 is 4.90 Å². The maximum Gasteiger partial charge on any atom is 0.258 e. The molecule has 1 aromatic heterocycles. The van der Waals surface area contributed by atoms with Gasteiger partial charge in [0.25, 0.3) is 5.91 Å². The van der Waals surface area contributed by atoms with E-state index < -0.39 is 0 Å². The number of carbonyl (C=O) groups is 1. The molecule has 4 heteroatoms. The van der Waals surface area contributed by atoms with E-state index in [0.29, 0.717) is 17.0 Å². The van der Waals surface area contributed by atoms with Crippen LogP contribution in [-0.2, 0) is 0 Å². The van der Waals surface area contributed by atoms with Crippen LogP contribution in [0.1, 0.15) is 16.2 Å². The normalized spacial score (nSPS) is 10.7. The number of anilines is 1. The van der Waals surface area contributed by atoms with E-state index in [1.807, 2.05) is 36.4 Å². The van der Waals surface area contributed by atoms with E-state index in [1.165, 1.54) is 0 Å². The second-order valence-electron chi connectivity index (χ2n) is 4.62. The van der Waals surface area contributed by atoms with Gasteiger partial charge in [-0.15, -0.1) is 0 Å². The number of fused-ring (bicyclic) bond motifs is 1. The molecule has 0 aliphatic carbocycles. The van der Waals surface area contributed by atoms with Crippen molar-refractivity contribution in [3.8, 4) is 0 Å². The van der Waals surface area contributed by atoms with Crippen molar-refractivity contribution in [3.05, 3.63) is 60.0 Å². The summed E-state index contributed by atoms with van der Waals surface area (Å²) in [4.78, 5) is 18.2. The van der Waals surface area contributed by atoms with Gasteiger partial charge in [-0.25, -0.2) is 4.98 Å². The van der Waals surface area contributed by atoms with Crippen LogP contribution in [0, 0.1) is 6.92 Å². The number of carbonyl (C=O) groups excluding carboxylic acids is 1. The zero-order valence-corrected chi connectivity index (χ0v) is 11.3. The number of aryl methyl sites for hydroxylation is 1. The summed E-state index contributed by atoms with van der Waals surface area (Å²) in [6.45, 7) is 1.80. The average Bonchev–Trinajstić information content (AvgIpc) is 2.85. The molecule has 0 saturated carbocycles. The van der Waals surface area contributed by atoms with Crippen LogP contribution in [0.2, 0.25) is 0 Å². The maximum absolute atomic E-state index is 12.4. The van der Waals surface area contributed by atoms with Crippen LogP contribution >= 0.6 is 0 Å². The maximum atomic E-state index is 12.4. The Kier molecular flexibility index (Phi) is 2.99. The molecule has 20 heavy (non-hydrogen) atoms. The molecule has 3 rings (SSSR count). The molecule has 0 aliphatic rings. The first-order valence-electron chi connectivity index (χ1n) is 6.35. The summed E-state index contributed by atoms with van der Waals surface area (Å²) < 4.78 is 5.50. The Morgan fingerprint density at radius 3 is 2.65 bits per heavy atom. The summed E-state index contributed by atoms with van der Waals surface area (Å²) in [5.74, 6) is 0.565. The Labute approximate surface area is 116 Å². The highest BCUT2D eigenvalue weighted by Gasteiger charge is 2.14. The Morgan fingerprint density at radius 1 is 1.15 bits per heavy atom. The summed E-state index contributed by atoms with van der Waals surface area (Å²) in [5.41, 5.74) is 2.92. The van der Waals surface area contributed by atoms with Gasteiger partial charge in [-0.2, -0.15) is 0 Å². The van der Waals surface area contributed by atoms with Gasteiger partial charge in [0.15, 0.2) is 11.5 Å². The Hall–Kier alpha value is -2.62. The fourth-order valence-corrected chi connectivity index (χ4v) is 2.13. The summed E-state index contributed by atoms with van der Waals surface area (Å²) in [7, 11) is 1.75. The standard InChI is InChI=1S/C16H14N2O2/c1-11-17-14-9-8-13(10-15(14)20-11)18(2)16(19)12-6-4-3-5-7-12/h3-10H,1-2H3. The zero-order chi connectivity index (χ0) is 14.1. The number of benzene rings is 2. The minimum Gasteiger partial charge on any atom is -0.441 e. The third-order valence-electron chi connectivity index (χ3n) is 3.19. The molecule has 1 amide bonds. The van der Waals surface area contributed by atoms with Crippen LogP contribution in [0.15, 0.2) is 52.9 Å². The number of hydrogen-bond acceptors (Lipinski definition) is 3. The highest BCUT2D eigenvalue weighted by Crippen LogP contribution is 2.23. The van der Waals surface area contributed by atoms with Crippen molar-refractivity contribution in [3.63, 3.8) is 0 Å². The van der Waals surface area contributed by atoms with Crippen molar-refractivity contribution in [1.82, 2.24) is 4.98 Å². The Balaban J connectivity index is 1.95. The van der Waals surface area contributed by atoms with Crippen LogP contribution in [0.3, 0.4) is 0 Å². The highest BCUT2D eigenvalue weighted by molar-refractivity contribution is 6.06. The second-order valence-corrected chi connectivity index (χ2v) is 4.62. The Bertz CT molecular complexity index is 763. The van der Waals surface area contributed by atoms with Crippen molar-refractivity contribution in [2.24, 2.45) is 0 Å². The molecule has 0 fully saturated rings. The van der Waals surface area contributed by atoms with E-state index in [-0.39, 0.29) is 5.91 Å². The lowest BCUT2D eigenvalue weighted by Gasteiger charge is -2.17. The van der Waals surface area contributed by atoms with E-state index in [2.05, 4.69) is 4.98 Å². The van der Waals surface area contributed by atoms with Crippen molar-refractivity contribution < 1.29 is 9.21 Å². The van der Waals surface area contributed by atoms with Crippen LogP contribution in [-0.4, -0.2) is 17.9 Å². The number of oxazole rings is 1. The summed E-state index contributed by atoms with van der Waals surface area (Å²) in [5, 5.41) is 0. The van der Waals surface area contributed by atoms with E-state index in [0.717, 1.165) is 11.2 Å². The fraction of sp³-hybridized carbons (Fsp3) is 0.125. The third-order valence-corrected chi connectivity index (χ3v) is 3.19. The number of rotatable bonds is 2. The van der Waals surface area contributed by atoms with E-state index >= 15 is 0 Å². The first-order chi connectivity index (χ1) is 9.65. The quantitative estimate of drug-likeness (QED) is 0.714. The summed E-state index contributed by atoms with van der Waals surface area (Å²) in [6.07, 6.45) is 0. The van der Waals surface area contributed by atoms with Crippen LogP contribution in [0.4, 0.5) is 5.69 Å². The lowest BCUT2D eigenvalue weighted by Crippen LogP contribution is -2.25. The Morgan fingerprint density at radius 2 is 1.90 bits per heavy atom. The molecule has 100 valence electrons. The number of nitrogens with zero attached hydrogens (tertiary/aromatic N) is 2. The average molecular weight is 266 g/mol. The van der Waals surface area contributed by atoms with Gasteiger partial charge in [0, 0.05) is 31.3 Å². The number of amides is 1. The molecule has 0 bridgehead atoms. The molecule has 0 aliphatic heterocycles. The number of hydrogen-bond donors (Lipinski definition) is 0. The monoisotopic (exact) mass is 266 g/mol. The zero-order valence-electron chi connectivity index (χ0n) is 11.3. The third kappa shape index (κ3) is 2.16. The lowest BCUT2D eigenvalue weighted by atomic mass is 10.2. The molecule has 0 saturated heterocycles. The fourth-order valence-electron chi connectivity index (χ4n) is 2.13. The van der Waals surface area contributed by atoms with Gasteiger partial charge < -0.3 is 9.32 Å². The van der Waals surface area contributed by atoms with Crippen LogP contribution in [0.5, 0.6) is 0 Å². The van der Waals surface area contributed by atoms with Gasteiger partial charge in [0.1, 0.15) is 5.52 Å². The van der Waals surface area contributed by atoms with Gasteiger partial charge in [0.2, 0.25) is 0 Å². The minimum absolute atomic E-state index is 0.0545. The van der Waals surface area contributed by atoms with Gasteiger partial charge in [-0.1, -0.05) is 18.2 Å². The first kappa shape index (κ1) is 12.4. The SMILES string of the molecule is Cc1nc2ccc(N(C)C(=O)c3ccccc3)cc2o1. The molecule has 1 heterocycles. The molecule has 0 unspecified atom stereocenters. The lowest BCUT2D eigenvalue weighted by molar-refractivity contribution is 0.0993. The van der Waals surface area contributed by atoms with Gasteiger partial charge in [-0.05, 0) is 24.3 Å². The van der Waals surface area contributed by atoms with Crippen molar-refractivity contribution in [2.75, 3.05) is 11.9 Å². The number of aromatic nitrogens is 1. The van der Waals surface area contributed by atoms with E-state index in [4.69, 9.17) is 4.42 Å². The molecule has 3 aromatic rings. The summed E-state index contributed by atoms with van der Waals surface area (Å²) in [6, 6.07) is 14.7. The molecule has 2 aromatic carbocycles. The molecule has 0 spiro atoms. The minimum atomic E-state index is -0.0545. The van der Waals surface area contributed by atoms with Crippen molar-refractivity contribution in [1.29, 1.82) is 0 Å². The predicted octanol–water partition coefficient (Wildman–Crippen LogP) is 3.41. The molecule has 0 radical (unpaired) electrons. The molecular formula is C16H14N2O2. The molecule has 0 N–H and O–H groups in total. The highest BCUT2D eigenvalue weighted by atomic mass is 16.3. The first-order valence-corrected chi connectivity index (χ1v) is 6.35. The summed E-state index contributed by atoms with van der Waals surface area (Å²) >= 11 is 0. The van der Waals surface area contributed by atoms with Crippen molar-refractivity contribution >= 4 is 22.7 Å². The van der Waals surface area contributed by atoms with Crippen LogP contribution in [0.25, 0.3) is 11.1 Å². The van der Waals surface area contributed by atoms with Gasteiger partial charge >= 0.3 is 0 Å². The predicted molar refractivity (Wildman–Crippen MR) is 77.9 cm³/mol. The van der Waals surface area contributed by atoms with Gasteiger partial charge in [0.05, 0.1) is 0 Å². The molecule has 0 atom stereocenters. The largest absolute Gasteiger partial charge is 0.441 e. The van der Waals surface area contributed by atoms with Gasteiger partial charge in [-0.3, -0.25) is 4.79 Å². The van der Waals surface area contributed by atoms with E-state index in [9.17, 15) is 4.79 Å².